The summed E-state index contributed by atoms with van der Waals surface area (Å²) in [6.07, 6.45) is 0. The fourth-order valence-corrected chi connectivity index (χ4v) is 5.53. The molecule has 0 N–H and O–H groups in total. The number of fused-ring (bicyclic) bond motifs is 1. The third-order valence-electron chi connectivity index (χ3n) is 4.48. The molecule has 2 heterocycles. The summed E-state index contributed by atoms with van der Waals surface area (Å²) in [6.45, 7) is 0. The molecule has 0 bridgehead atoms. The Kier molecular flexibility index (Phi) is 3.89. The third kappa shape index (κ3) is 2.57. The Balaban J connectivity index is 1.76. The zero-order chi connectivity index (χ0) is 17.3. The molecule has 0 aliphatic heterocycles. The van der Waals surface area contributed by atoms with E-state index in [1.165, 1.54) is 36.5 Å². The van der Waals surface area contributed by atoms with Crippen molar-refractivity contribution in [2.24, 2.45) is 0 Å². The van der Waals surface area contributed by atoms with Gasteiger partial charge in [-0.3, -0.25) is 0 Å². The van der Waals surface area contributed by atoms with E-state index in [2.05, 4.69) is 83.8 Å². The molecule has 5 aromatic rings. The van der Waals surface area contributed by atoms with Crippen LogP contribution in [0.15, 0.2) is 90.4 Å². The van der Waals surface area contributed by atoms with E-state index in [1.54, 1.807) is 11.3 Å². The summed E-state index contributed by atoms with van der Waals surface area (Å²) in [5.74, 6) is 0. The first-order chi connectivity index (χ1) is 12.9. The Bertz CT molecular complexity index is 1170. The average molecular weight is 370 g/mol. The second kappa shape index (κ2) is 6.52. The molecule has 3 heteroatoms. The minimum Gasteiger partial charge on any atom is -0.244 e. The van der Waals surface area contributed by atoms with Crippen molar-refractivity contribution in [3.63, 3.8) is 0 Å². The van der Waals surface area contributed by atoms with E-state index in [1.807, 2.05) is 22.9 Å². The quantitative estimate of drug-likeness (QED) is 0.324. The molecule has 0 amide bonds. The summed E-state index contributed by atoms with van der Waals surface area (Å²) in [5, 5.41) is 2.61. The number of hydrogen-bond donors (Lipinski definition) is 0. The Morgan fingerprint density at radius 1 is 0.538 bits per heavy atom. The topological polar surface area (TPSA) is 12.9 Å². The molecule has 0 saturated heterocycles. The Morgan fingerprint density at radius 2 is 1.12 bits per heavy atom. The number of benzene rings is 3. The minimum absolute atomic E-state index is 1.07. The molecular weight excluding hydrogens is 354 g/mol. The molecule has 0 aliphatic carbocycles. The summed E-state index contributed by atoms with van der Waals surface area (Å²) in [6, 6.07) is 29.8. The zero-order valence-electron chi connectivity index (χ0n) is 13.9. The van der Waals surface area contributed by atoms with E-state index in [0.717, 1.165) is 5.69 Å². The van der Waals surface area contributed by atoms with E-state index in [4.69, 9.17) is 0 Å². The highest BCUT2D eigenvalue weighted by atomic mass is 32.1. The fourth-order valence-electron chi connectivity index (χ4n) is 3.27. The van der Waals surface area contributed by atoms with Crippen LogP contribution in [0, 0.1) is 0 Å². The van der Waals surface area contributed by atoms with E-state index in [0.29, 0.717) is 0 Å². The molecule has 0 radical (unpaired) electrons. The van der Waals surface area contributed by atoms with E-state index in [-0.39, 0.29) is 0 Å². The first kappa shape index (κ1) is 15.5. The van der Waals surface area contributed by atoms with Gasteiger partial charge in [0.25, 0.3) is 0 Å². The maximum Gasteiger partial charge on any atom is 0.0898 e. The molecule has 2 aromatic heterocycles. The lowest BCUT2D eigenvalue weighted by molar-refractivity contribution is 1.41. The van der Waals surface area contributed by atoms with Gasteiger partial charge in [0, 0.05) is 21.2 Å². The van der Waals surface area contributed by atoms with Gasteiger partial charge in [0.2, 0.25) is 0 Å². The second-order valence-electron chi connectivity index (χ2n) is 6.07. The first-order valence-corrected chi connectivity index (χ1v) is 10.2. The van der Waals surface area contributed by atoms with Crippen molar-refractivity contribution in [1.29, 1.82) is 0 Å². The Morgan fingerprint density at radius 3 is 1.81 bits per heavy atom. The van der Waals surface area contributed by atoms with Crippen molar-refractivity contribution < 1.29 is 0 Å². The lowest BCUT2D eigenvalue weighted by Crippen LogP contribution is -1.79. The number of thiazole rings is 1. The smallest absolute Gasteiger partial charge is 0.0898 e. The maximum atomic E-state index is 4.68. The second-order valence-corrected chi connectivity index (χ2v) is 7.94. The van der Waals surface area contributed by atoms with E-state index < -0.39 is 0 Å². The highest BCUT2D eigenvalue weighted by Crippen LogP contribution is 2.47. The van der Waals surface area contributed by atoms with Gasteiger partial charge in [0.05, 0.1) is 21.0 Å². The van der Waals surface area contributed by atoms with Gasteiger partial charge in [-0.2, -0.15) is 0 Å². The summed E-state index contributed by atoms with van der Waals surface area (Å²) < 4.78 is 0. The minimum atomic E-state index is 1.07. The van der Waals surface area contributed by atoms with Crippen molar-refractivity contribution in [1.82, 2.24) is 4.98 Å². The van der Waals surface area contributed by atoms with Crippen molar-refractivity contribution in [2.45, 2.75) is 0 Å². The number of thiophene rings is 1. The molecule has 0 atom stereocenters. The van der Waals surface area contributed by atoms with Gasteiger partial charge in [-0.15, -0.1) is 22.7 Å². The van der Waals surface area contributed by atoms with Crippen LogP contribution in [-0.2, 0) is 0 Å². The molecule has 26 heavy (non-hydrogen) atoms. The van der Waals surface area contributed by atoms with Gasteiger partial charge < -0.3 is 0 Å². The van der Waals surface area contributed by atoms with Crippen molar-refractivity contribution >= 4 is 33.4 Å². The van der Waals surface area contributed by atoms with Gasteiger partial charge in [0.1, 0.15) is 0 Å². The van der Waals surface area contributed by atoms with Crippen molar-refractivity contribution in [3.05, 3.63) is 90.4 Å². The predicted octanol–water partition coefficient (Wildman–Crippen LogP) is 7.36. The van der Waals surface area contributed by atoms with Crippen LogP contribution < -0.4 is 0 Å². The van der Waals surface area contributed by atoms with Crippen LogP contribution in [0.4, 0.5) is 0 Å². The van der Waals surface area contributed by atoms with Crippen molar-refractivity contribution in [2.75, 3.05) is 0 Å². The van der Waals surface area contributed by atoms with Crippen LogP contribution in [0.2, 0.25) is 0 Å². The monoisotopic (exact) mass is 369 g/mol. The highest BCUT2D eigenvalue weighted by Gasteiger charge is 2.18. The maximum absolute atomic E-state index is 4.68. The van der Waals surface area contributed by atoms with Crippen LogP contribution in [0.3, 0.4) is 0 Å². The van der Waals surface area contributed by atoms with Gasteiger partial charge >= 0.3 is 0 Å². The lowest BCUT2D eigenvalue weighted by Gasteiger charge is -2.01. The molecule has 1 nitrogen and oxygen atoms in total. The number of aromatic nitrogens is 1. The zero-order valence-corrected chi connectivity index (χ0v) is 15.6. The fraction of sp³-hybridized carbons (Fsp3) is 0. The largest absolute Gasteiger partial charge is 0.244 e. The Hall–Kier alpha value is -2.75. The molecule has 124 valence electrons. The van der Waals surface area contributed by atoms with Gasteiger partial charge in [-0.05, 0) is 5.56 Å². The van der Waals surface area contributed by atoms with Gasteiger partial charge in [-0.1, -0.05) is 84.9 Å². The summed E-state index contributed by atoms with van der Waals surface area (Å²) in [5.41, 5.74) is 5.46. The van der Waals surface area contributed by atoms with Crippen LogP contribution in [0.25, 0.3) is 42.2 Å². The Labute approximate surface area is 160 Å². The molecule has 0 fully saturated rings. The van der Waals surface area contributed by atoms with Gasteiger partial charge in [0.15, 0.2) is 0 Å². The molecule has 0 unspecified atom stereocenters. The summed E-state index contributed by atoms with van der Waals surface area (Å²) in [4.78, 5) is 8.56. The lowest BCUT2D eigenvalue weighted by atomic mass is 10.1. The van der Waals surface area contributed by atoms with Crippen LogP contribution in [-0.4, -0.2) is 4.98 Å². The van der Waals surface area contributed by atoms with Crippen LogP contribution in [0.5, 0.6) is 0 Å². The van der Waals surface area contributed by atoms with Crippen LogP contribution >= 0.6 is 22.7 Å². The highest BCUT2D eigenvalue weighted by molar-refractivity contribution is 7.25. The molecule has 5 rings (SSSR count). The number of hydrogen-bond acceptors (Lipinski definition) is 3. The van der Waals surface area contributed by atoms with Crippen LogP contribution in [0.1, 0.15) is 0 Å². The molecular formula is C23H15NS2. The third-order valence-corrected chi connectivity index (χ3v) is 6.74. The van der Waals surface area contributed by atoms with E-state index >= 15 is 0 Å². The molecule has 0 spiro atoms. The normalized spacial score (nSPS) is 11.1. The standard InChI is InChI=1S/C23H15NS2/c1-3-9-16(10-4-1)20-23(25-15-24-20)22-19-14-8-7-13-18(19)21(26-22)17-11-5-2-6-12-17/h1-15H. The van der Waals surface area contributed by atoms with E-state index in [9.17, 15) is 0 Å². The molecule has 0 aliphatic rings. The SMILES string of the molecule is c1ccc(-c2ncsc2-c2sc(-c3ccccc3)c3ccccc23)cc1. The molecule has 0 saturated carbocycles. The van der Waals surface area contributed by atoms with Gasteiger partial charge in [-0.25, -0.2) is 4.98 Å². The summed E-state index contributed by atoms with van der Waals surface area (Å²) >= 11 is 3.58. The number of nitrogens with zero attached hydrogens (tertiary/aromatic N) is 1. The average Bonchev–Trinajstić information content (AvgIpc) is 3.34. The number of rotatable bonds is 3. The summed E-state index contributed by atoms with van der Waals surface area (Å²) in [7, 11) is 0. The van der Waals surface area contributed by atoms with Crippen molar-refractivity contribution in [3.8, 4) is 31.5 Å². The predicted molar refractivity (Wildman–Crippen MR) is 114 cm³/mol. The first-order valence-electron chi connectivity index (χ1n) is 8.48. The molecule has 3 aromatic carbocycles.